The number of benzene rings is 1. The Morgan fingerprint density at radius 3 is 2.68 bits per heavy atom. The fraction of sp³-hybridized carbons (Fsp3) is 0.267. The third-order valence-electron chi connectivity index (χ3n) is 3.03. The van der Waals surface area contributed by atoms with E-state index in [0.717, 1.165) is 29.2 Å². The maximum atomic E-state index is 13.3. The number of aryl methyl sites for hydroxylation is 1. The summed E-state index contributed by atoms with van der Waals surface area (Å²) in [5.74, 6) is 0.595. The SMILES string of the molecule is CCN(c1cccc(F)c1)c1ncc(CN)cc1C. The van der Waals surface area contributed by atoms with E-state index in [1.54, 1.807) is 12.3 Å². The van der Waals surface area contributed by atoms with E-state index in [4.69, 9.17) is 5.73 Å². The molecular formula is C15H18FN3. The minimum absolute atomic E-state index is 0.243. The van der Waals surface area contributed by atoms with Gasteiger partial charge in [-0.3, -0.25) is 0 Å². The van der Waals surface area contributed by atoms with Crippen molar-refractivity contribution in [3.05, 3.63) is 53.5 Å². The highest BCUT2D eigenvalue weighted by Gasteiger charge is 2.12. The predicted molar refractivity (Wildman–Crippen MR) is 75.9 cm³/mol. The Hall–Kier alpha value is -1.94. The molecule has 1 aromatic heterocycles. The number of hydrogen-bond acceptors (Lipinski definition) is 3. The molecule has 0 aliphatic carbocycles. The minimum atomic E-state index is -0.243. The third-order valence-corrected chi connectivity index (χ3v) is 3.03. The highest BCUT2D eigenvalue weighted by atomic mass is 19.1. The molecule has 0 radical (unpaired) electrons. The van der Waals surface area contributed by atoms with Crippen LogP contribution in [0, 0.1) is 12.7 Å². The van der Waals surface area contributed by atoms with Crippen molar-refractivity contribution in [1.82, 2.24) is 4.98 Å². The number of hydrogen-bond donors (Lipinski definition) is 1. The molecule has 0 amide bonds. The van der Waals surface area contributed by atoms with E-state index in [-0.39, 0.29) is 5.82 Å². The van der Waals surface area contributed by atoms with Gasteiger partial charge in [-0.05, 0) is 49.2 Å². The van der Waals surface area contributed by atoms with Gasteiger partial charge in [0.2, 0.25) is 0 Å². The van der Waals surface area contributed by atoms with E-state index in [1.165, 1.54) is 12.1 Å². The second-order valence-electron chi connectivity index (χ2n) is 4.41. The largest absolute Gasteiger partial charge is 0.326 e. The molecule has 2 N–H and O–H groups in total. The molecule has 0 bridgehead atoms. The predicted octanol–water partition coefficient (Wildman–Crippen LogP) is 3.15. The Labute approximate surface area is 112 Å². The van der Waals surface area contributed by atoms with Gasteiger partial charge in [-0.25, -0.2) is 9.37 Å². The van der Waals surface area contributed by atoms with Crippen LogP contribution in [0.3, 0.4) is 0 Å². The molecule has 4 heteroatoms. The van der Waals surface area contributed by atoms with Gasteiger partial charge < -0.3 is 10.6 Å². The van der Waals surface area contributed by atoms with Crippen LogP contribution in [0.5, 0.6) is 0 Å². The normalized spacial score (nSPS) is 10.5. The van der Waals surface area contributed by atoms with Gasteiger partial charge in [0.25, 0.3) is 0 Å². The molecule has 0 saturated heterocycles. The van der Waals surface area contributed by atoms with Gasteiger partial charge in [0.15, 0.2) is 0 Å². The van der Waals surface area contributed by atoms with Crippen LogP contribution < -0.4 is 10.6 Å². The molecule has 1 aromatic carbocycles. The summed E-state index contributed by atoms with van der Waals surface area (Å²) in [6, 6.07) is 8.56. The zero-order valence-electron chi connectivity index (χ0n) is 11.2. The summed E-state index contributed by atoms with van der Waals surface area (Å²) in [6.07, 6.45) is 1.77. The van der Waals surface area contributed by atoms with Crippen molar-refractivity contribution in [3.63, 3.8) is 0 Å². The van der Waals surface area contributed by atoms with E-state index in [0.29, 0.717) is 6.54 Å². The molecule has 0 atom stereocenters. The molecule has 2 rings (SSSR count). The van der Waals surface area contributed by atoms with Gasteiger partial charge in [-0.1, -0.05) is 6.07 Å². The van der Waals surface area contributed by atoms with Crippen LogP contribution in [-0.2, 0) is 6.54 Å². The minimum Gasteiger partial charge on any atom is -0.326 e. The van der Waals surface area contributed by atoms with Crippen molar-refractivity contribution in [2.24, 2.45) is 5.73 Å². The quantitative estimate of drug-likeness (QED) is 0.917. The molecule has 0 fully saturated rings. The van der Waals surface area contributed by atoms with Crippen molar-refractivity contribution in [2.45, 2.75) is 20.4 Å². The van der Waals surface area contributed by atoms with Crippen LogP contribution in [-0.4, -0.2) is 11.5 Å². The molecule has 3 nitrogen and oxygen atoms in total. The highest BCUT2D eigenvalue weighted by molar-refractivity contribution is 5.62. The van der Waals surface area contributed by atoms with Crippen LogP contribution >= 0.6 is 0 Å². The first-order valence-electron chi connectivity index (χ1n) is 6.34. The van der Waals surface area contributed by atoms with E-state index in [2.05, 4.69) is 4.98 Å². The van der Waals surface area contributed by atoms with Gasteiger partial charge in [0.1, 0.15) is 11.6 Å². The third kappa shape index (κ3) is 2.90. The lowest BCUT2D eigenvalue weighted by Gasteiger charge is -2.24. The summed E-state index contributed by atoms with van der Waals surface area (Å²) in [4.78, 5) is 6.43. The van der Waals surface area contributed by atoms with Crippen molar-refractivity contribution >= 4 is 11.5 Å². The molecule has 0 spiro atoms. The maximum Gasteiger partial charge on any atom is 0.135 e. The standard InChI is InChI=1S/C15H18FN3/c1-3-19(14-6-4-5-13(16)8-14)15-11(2)7-12(9-17)10-18-15/h4-8,10H,3,9,17H2,1-2H3. The van der Waals surface area contributed by atoms with Crippen molar-refractivity contribution < 1.29 is 4.39 Å². The van der Waals surface area contributed by atoms with Crippen LogP contribution in [0.15, 0.2) is 36.5 Å². The molecule has 2 aromatic rings. The lowest BCUT2D eigenvalue weighted by atomic mass is 10.2. The van der Waals surface area contributed by atoms with Gasteiger partial charge in [0, 0.05) is 25.0 Å². The Bertz CT molecular complexity index is 569. The van der Waals surface area contributed by atoms with E-state index < -0.39 is 0 Å². The van der Waals surface area contributed by atoms with Gasteiger partial charge in [-0.15, -0.1) is 0 Å². The molecule has 0 aliphatic rings. The molecule has 100 valence electrons. The lowest BCUT2D eigenvalue weighted by Crippen LogP contribution is -2.19. The number of nitrogens with zero attached hydrogens (tertiary/aromatic N) is 2. The Morgan fingerprint density at radius 2 is 2.11 bits per heavy atom. The van der Waals surface area contributed by atoms with Crippen LogP contribution in [0.4, 0.5) is 15.9 Å². The molecule has 0 aliphatic heterocycles. The first kappa shape index (κ1) is 13.5. The molecule has 0 unspecified atom stereocenters. The zero-order valence-corrected chi connectivity index (χ0v) is 11.2. The van der Waals surface area contributed by atoms with Crippen molar-refractivity contribution in [2.75, 3.05) is 11.4 Å². The lowest BCUT2D eigenvalue weighted by molar-refractivity contribution is 0.627. The average Bonchev–Trinajstić information content (AvgIpc) is 2.41. The van der Waals surface area contributed by atoms with Crippen LogP contribution in [0.25, 0.3) is 0 Å². The van der Waals surface area contributed by atoms with E-state index in [9.17, 15) is 4.39 Å². The number of aromatic nitrogens is 1. The Morgan fingerprint density at radius 1 is 1.32 bits per heavy atom. The topological polar surface area (TPSA) is 42.2 Å². The molecule has 0 saturated carbocycles. The summed E-state index contributed by atoms with van der Waals surface area (Å²) in [5, 5.41) is 0. The first-order valence-corrected chi connectivity index (χ1v) is 6.34. The van der Waals surface area contributed by atoms with Gasteiger partial charge in [-0.2, -0.15) is 0 Å². The van der Waals surface area contributed by atoms with Crippen molar-refractivity contribution in [3.8, 4) is 0 Å². The fourth-order valence-electron chi connectivity index (χ4n) is 2.12. The van der Waals surface area contributed by atoms with Gasteiger partial charge >= 0.3 is 0 Å². The number of nitrogens with two attached hydrogens (primary N) is 1. The zero-order chi connectivity index (χ0) is 13.8. The van der Waals surface area contributed by atoms with E-state index in [1.807, 2.05) is 30.9 Å². The second-order valence-corrected chi connectivity index (χ2v) is 4.41. The summed E-state index contributed by atoms with van der Waals surface area (Å²) < 4.78 is 13.3. The maximum absolute atomic E-state index is 13.3. The smallest absolute Gasteiger partial charge is 0.135 e. The van der Waals surface area contributed by atoms with Crippen molar-refractivity contribution in [1.29, 1.82) is 0 Å². The number of pyridine rings is 1. The summed E-state index contributed by atoms with van der Waals surface area (Å²) >= 11 is 0. The summed E-state index contributed by atoms with van der Waals surface area (Å²) in [6.45, 7) is 5.20. The first-order chi connectivity index (χ1) is 9.15. The highest BCUT2D eigenvalue weighted by Crippen LogP contribution is 2.26. The van der Waals surface area contributed by atoms with Crippen LogP contribution in [0.1, 0.15) is 18.1 Å². The second kappa shape index (κ2) is 5.80. The Kier molecular flexibility index (Phi) is 4.12. The molecular weight excluding hydrogens is 241 g/mol. The van der Waals surface area contributed by atoms with Gasteiger partial charge in [0.05, 0.1) is 0 Å². The van der Waals surface area contributed by atoms with Crippen LogP contribution in [0.2, 0.25) is 0 Å². The number of halogens is 1. The fourth-order valence-corrected chi connectivity index (χ4v) is 2.12. The molecule has 19 heavy (non-hydrogen) atoms. The summed E-state index contributed by atoms with van der Waals surface area (Å²) in [7, 11) is 0. The molecule has 1 heterocycles. The van der Waals surface area contributed by atoms with E-state index >= 15 is 0 Å². The Balaban J connectivity index is 2.42. The summed E-state index contributed by atoms with van der Waals surface area (Å²) in [5.41, 5.74) is 8.44. The number of anilines is 2. The average molecular weight is 259 g/mol. The monoisotopic (exact) mass is 259 g/mol. The number of rotatable bonds is 4.